The smallest absolute Gasteiger partial charge is 0.280 e. The van der Waals surface area contributed by atoms with Crippen LogP contribution in [0.5, 0.6) is 0 Å². The predicted octanol–water partition coefficient (Wildman–Crippen LogP) is 3.42. The number of hydrogen-bond donors (Lipinski definition) is 2. The number of hydrogen-bond acceptors (Lipinski definition) is 2. The van der Waals surface area contributed by atoms with Gasteiger partial charge in [0.2, 0.25) is 0 Å². The first-order chi connectivity index (χ1) is 11.9. The number of aryl methyl sites for hydroxylation is 1. The quantitative estimate of drug-likeness (QED) is 0.543. The minimum absolute atomic E-state index is 0.181. The van der Waals surface area contributed by atoms with Crippen LogP contribution < -0.4 is 11.5 Å². The summed E-state index contributed by atoms with van der Waals surface area (Å²) >= 11 is 6.17. The fraction of sp³-hybridized carbons (Fsp3) is 0.0556. The lowest BCUT2D eigenvalue weighted by atomic mass is 9.98. The van der Waals surface area contributed by atoms with Crippen molar-refractivity contribution in [2.24, 2.45) is 16.5 Å². The summed E-state index contributed by atoms with van der Waals surface area (Å²) in [6, 6.07) is 9.36. The molecule has 0 unspecified atom stereocenters. The Morgan fingerprint density at radius 2 is 1.96 bits per heavy atom. The van der Waals surface area contributed by atoms with E-state index in [-0.39, 0.29) is 22.1 Å². The molecular weight excluding hydrogens is 343 g/mol. The lowest BCUT2D eigenvalue weighted by Crippen LogP contribution is -2.24. The summed E-state index contributed by atoms with van der Waals surface area (Å²) in [6.07, 6.45) is 1.64. The van der Waals surface area contributed by atoms with Crippen LogP contribution in [0.25, 0.3) is 22.0 Å². The molecule has 0 aliphatic heterocycles. The van der Waals surface area contributed by atoms with Crippen LogP contribution in [-0.4, -0.2) is 16.9 Å². The first-order valence-corrected chi connectivity index (χ1v) is 7.74. The summed E-state index contributed by atoms with van der Waals surface area (Å²) in [4.78, 5) is 20.0. The van der Waals surface area contributed by atoms with Crippen molar-refractivity contribution < 1.29 is 9.18 Å². The number of aliphatic imine (C=N–C) groups is 1. The van der Waals surface area contributed by atoms with E-state index in [1.807, 2.05) is 6.92 Å². The number of fused-ring (bicyclic) bond motifs is 1. The first kappa shape index (κ1) is 16.9. The molecule has 4 N–H and O–H groups in total. The van der Waals surface area contributed by atoms with Gasteiger partial charge in [-0.15, -0.1) is 0 Å². The lowest BCUT2D eigenvalue weighted by molar-refractivity contribution is 0.100. The molecule has 3 rings (SSSR count). The zero-order valence-corrected chi connectivity index (χ0v) is 14.0. The summed E-state index contributed by atoms with van der Waals surface area (Å²) in [5.41, 5.74) is 12.2. The van der Waals surface area contributed by atoms with E-state index in [4.69, 9.17) is 23.1 Å². The van der Waals surface area contributed by atoms with Gasteiger partial charge in [-0.2, -0.15) is 4.99 Å². The Hall–Kier alpha value is -2.99. The molecule has 0 saturated heterocycles. The maximum Gasteiger partial charge on any atom is 0.280 e. The van der Waals surface area contributed by atoms with Gasteiger partial charge < -0.3 is 11.5 Å². The lowest BCUT2D eigenvalue weighted by Gasteiger charge is -2.11. The highest BCUT2D eigenvalue weighted by Crippen LogP contribution is 2.35. The molecule has 126 valence electrons. The Balaban J connectivity index is 2.32. The maximum absolute atomic E-state index is 14.3. The highest BCUT2D eigenvalue weighted by Gasteiger charge is 2.16. The van der Waals surface area contributed by atoms with Gasteiger partial charge in [0.05, 0.1) is 16.3 Å². The van der Waals surface area contributed by atoms with Crippen LogP contribution in [0.1, 0.15) is 15.9 Å². The van der Waals surface area contributed by atoms with Crippen molar-refractivity contribution in [3.63, 3.8) is 0 Å². The van der Waals surface area contributed by atoms with Crippen LogP contribution in [0.15, 0.2) is 47.6 Å². The summed E-state index contributed by atoms with van der Waals surface area (Å²) in [7, 11) is 0. The molecule has 25 heavy (non-hydrogen) atoms. The molecule has 0 aliphatic carbocycles. The Bertz CT molecular complexity index is 1010. The SMILES string of the molecule is Cc1cnc(-c2c(F)cccc2Cl)c2cc(C(=O)N=C(N)N)ccc12. The number of nitrogens with two attached hydrogens (primary N) is 2. The number of aromatic nitrogens is 1. The molecule has 7 heteroatoms. The second kappa shape index (κ2) is 6.49. The van der Waals surface area contributed by atoms with Crippen molar-refractivity contribution in [1.82, 2.24) is 4.98 Å². The van der Waals surface area contributed by atoms with E-state index in [1.54, 1.807) is 30.5 Å². The molecule has 0 radical (unpaired) electrons. The number of pyridine rings is 1. The van der Waals surface area contributed by atoms with Crippen molar-refractivity contribution in [3.8, 4) is 11.3 Å². The minimum Gasteiger partial charge on any atom is -0.370 e. The van der Waals surface area contributed by atoms with E-state index in [2.05, 4.69) is 9.98 Å². The summed E-state index contributed by atoms with van der Waals surface area (Å²) in [5.74, 6) is -1.41. The van der Waals surface area contributed by atoms with Crippen LogP contribution in [0.2, 0.25) is 5.02 Å². The minimum atomic E-state index is -0.589. The van der Waals surface area contributed by atoms with Gasteiger partial charge in [0.1, 0.15) is 5.82 Å². The second-order valence-corrected chi connectivity index (χ2v) is 5.90. The van der Waals surface area contributed by atoms with Crippen LogP contribution in [-0.2, 0) is 0 Å². The molecule has 0 bridgehead atoms. The average molecular weight is 357 g/mol. The molecule has 1 amide bonds. The van der Waals surface area contributed by atoms with E-state index in [9.17, 15) is 9.18 Å². The number of halogens is 2. The van der Waals surface area contributed by atoms with Crippen molar-refractivity contribution in [2.75, 3.05) is 0 Å². The zero-order valence-electron chi connectivity index (χ0n) is 13.3. The number of amides is 1. The fourth-order valence-corrected chi connectivity index (χ4v) is 2.88. The van der Waals surface area contributed by atoms with Crippen molar-refractivity contribution in [3.05, 3.63) is 64.6 Å². The van der Waals surface area contributed by atoms with Crippen molar-refractivity contribution in [2.45, 2.75) is 6.92 Å². The van der Waals surface area contributed by atoms with Gasteiger partial charge in [-0.3, -0.25) is 9.78 Å². The number of guanidine groups is 1. The number of benzene rings is 2. The summed E-state index contributed by atoms with van der Waals surface area (Å²) < 4.78 is 14.3. The average Bonchev–Trinajstić information content (AvgIpc) is 2.55. The van der Waals surface area contributed by atoms with E-state index < -0.39 is 11.7 Å². The van der Waals surface area contributed by atoms with Gasteiger partial charge >= 0.3 is 0 Å². The summed E-state index contributed by atoms with van der Waals surface area (Å²) in [6.45, 7) is 1.87. The molecule has 1 heterocycles. The van der Waals surface area contributed by atoms with E-state index in [0.717, 1.165) is 10.9 Å². The Morgan fingerprint density at radius 1 is 1.20 bits per heavy atom. The van der Waals surface area contributed by atoms with Crippen LogP contribution in [0, 0.1) is 12.7 Å². The monoisotopic (exact) mass is 356 g/mol. The van der Waals surface area contributed by atoms with Crippen molar-refractivity contribution >= 4 is 34.2 Å². The third kappa shape index (κ3) is 3.16. The standard InChI is InChI=1S/C18H14ClFN4O/c1-9-8-23-16(15-13(19)3-2-4-14(15)20)12-7-10(5-6-11(9)12)17(25)24-18(21)22/h2-8H,1H3,(H4,21,22,24,25). The van der Waals surface area contributed by atoms with Gasteiger partial charge in [0, 0.05) is 17.1 Å². The van der Waals surface area contributed by atoms with E-state index >= 15 is 0 Å². The predicted molar refractivity (Wildman–Crippen MR) is 97.0 cm³/mol. The number of nitrogens with zero attached hydrogens (tertiary/aromatic N) is 2. The molecule has 0 aliphatic rings. The van der Waals surface area contributed by atoms with Gasteiger partial charge in [0.25, 0.3) is 5.91 Å². The van der Waals surface area contributed by atoms with Gasteiger partial charge in [0.15, 0.2) is 5.96 Å². The van der Waals surface area contributed by atoms with Crippen LogP contribution in [0.3, 0.4) is 0 Å². The highest BCUT2D eigenvalue weighted by molar-refractivity contribution is 6.33. The van der Waals surface area contributed by atoms with E-state index in [0.29, 0.717) is 11.1 Å². The van der Waals surface area contributed by atoms with Gasteiger partial charge in [-0.25, -0.2) is 4.39 Å². The summed E-state index contributed by atoms with van der Waals surface area (Å²) in [5, 5.41) is 1.65. The first-order valence-electron chi connectivity index (χ1n) is 7.36. The Labute approximate surface area is 148 Å². The fourth-order valence-electron chi connectivity index (χ4n) is 2.62. The number of carbonyl (C=O) groups is 1. The molecule has 5 nitrogen and oxygen atoms in total. The molecule has 0 fully saturated rings. The zero-order chi connectivity index (χ0) is 18.1. The third-order valence-corrected chi connectivity index (χ3v) is 4.08. The van der Waals surface area contributed by atoms with Crippen molar-refractivity contribution in [1.29, 1.82) is 0 Å². The number of carbonyl (C=O) groups excluding carboxylic acids is 1. The molecule has 0 spiro atoms. The number of rotatable bonds is 2. The second-order valence-electron chi connectivity index (χ2n) is 5.49. The highest BCUT2D eigenvalue weighted by atomic mass is 35.5. The topological polar surface area (TPSA) is 94.4 Å². The Morgan fingerprint density at radius 3 is 2.64 bits per heavy atom. The maximum atomic E-state index is 14.3. The molecule has 0 atom stereocenters. The largest absolute Gasteiger partial charge is 0.370 e. The molecular formula is C18H14ClFN4O. The molecule has 0 saturated carbocycles. The Kier molecular flexibility index (Phi) is 4.37. The normalized spacial score (nSPS) is 10.7. The molecule has 2 aromatic carbocycles. The van der Waals surface area contributed by atoms with Gasteiger partial charge in [-0.05, 0) is 42.1 Å². The van der Waals surface area contributed by atoms with Crippen LogP contribution >= 0.6 is 11.6 Å². The van der Waals surface area contributed by atoms with Gasteiger partial charge in [-0.1, -0.05) is 23.7 Å². The third-order valence-electron chi connectivity index (χ3n) is 3.76. The van der Waals surface area contributed by atoms with Crippen LogP contribution in [0.4, 0.5) is 4.39 Å². The van der Waals surface area contributed by atoms with E-state index in [1.165, 1.54) is 12.1 Å². The molecule has 1 aromatic heterocycles. The molecule has 3 aromatic rings.